The molecule has 2 aliphatic heterocycles. The molecule has 2 saturated heterocycles. The Labute approximate surface area is 137 Å². The van der Waals surface area contributed by atoms with Crippen LogP contribution in [0.1, 0.15) is 12.8 Å². The van der Waals surface area contributed by atoms with Crippen molar-refractivity contribution < 1.29 is 23.0 Å². The van der Waals surface area contributed by atoms with Gasteiger partial charge in [-0.15, -0.1) is 0 Å². The number of halogens is 3. The van der Waals surface area contributed by atoms with Crippen LogP contribution in [-0.4, -0.2) is 43.8 Å². The normalized spacial score (nSPS) is 23.7. The first-order valence-corrected chi connectivity index (χ1v) is 7.73. The molecule has 1 spiro atoms. The highest BCUT2D eigenvalue weighted by molar-refractivity contribution is 6.32. The molecule has 1 atom stereocenters. The summed E-state index contributed by atoms with van der Waals surface area (Å²) >= 11 is 5.88. The predicted molar refractivity (Wildman–Crippen MR) is 81.2 cm³/mol. The van der Waals surface area contributed by atoms with E-state index in [2.05, 4.69) is 10.1 Å². The summed E-state index contributed by atoms with van der Waals surface area (Å²) in [6, 6.07) is 3.95. The molecule has 0 aliphatic carbocycles. The van der Waals surface area contributed by atoms with E-state index in [4.69, 9.17) is 16.3 Å². The van der Waals surface area contributed by atoms with Crippen LogP contribution < -0.4 is 10.1 Å². The smallest absolute Gasteiger partial charge is 0.387 e. The van der Waals surface area contributed by atoms with Crippen LogP contribution in [0.15, 0.2) is 18.2 Å². The van der Waals surface area contributed by atoms with E-state index < -0.39 is 6.61 Å². The van der Waals surface area contributed by atoms with Crippen molar-refractivity contribution in [1.82, 2.24) is 4.90 Å². The number of likely N-dealkylation sites (tertiary alicyclic amines) is 1. The number of hydrogen-bond donors (Lipinski definition) is 1. The summed E-state index contributed by atoms with van der Waals surface area (Å²) in [6.07, 6.45) is 1.91. The van der Waals surface area contributed by atoms with Crippen molar-refractivity contribution in [1.29, 1.82) is 0 Å². The van der Waals surface area contributed by atoms with E-state index in [0.29, 0.717) is 25.4 Å². The summed E-state index contributed by atoms with van der Waals surface area (Å²) in [5.74, 6) is -0.122. The van der Waals surface area contributed by atoms with Gasteiger partial charge >= 0.3 is 12.6 Å². The number of anilines is 1. The molecule has 2 aliphatic rings. The number of amides is 2. The Balaban J connectivity index is 1.61. The maximum Gasteiger partial charge on any atom is 0.387 e. The van der Waals surface area contributed by atoms with Crippen LogP contribution >= 0.6 is 11.6 Å². The van der Waals surface area contributed by atoms with Gasteiger partial charge in [-0.05, 0) is 31.0 Å². The third-order valence-corrected chi connectivity index (χ3v) is 4.61. The summed E-state index contributed by atoms with van der Waals surface area (Å²) in [7, 11) is 0. The van der Waals surface area contributed by atoms with Gasteiger partial charge in [0.15, 0.2) is 0 Å². The van der Waals surface area contributed by atoms with Gasteiger partial charge in [-0.3, -0.25) is 0 Å². The molecule has 2 amide bonds. The first-order valence-electron chi connectivity index (χ1n) is 7.36. The van der Waals surface area contributed by atoms with Gasteiger partial charge in [-0.2, -0.15) is 8.78 Å². The Hall–Kier alpha value is -1.60. The lowest BCUT2D eigenvalue weighted by Gasteiger charge is -2.22. The molecular formula is C15H17ClF2N2O3. The fourth-order valence-electron chi connectivity index (χ4n) is 3.05. The van der Waals surface area contributed by atoms with Gasteiger partial charge in [-0.25, -0.2) is 4.79 Å². The molecule has 5 nitrogen and oxygen atoms in total. The van der Waals surface area contributed by atoms with E-state index in [9.17, 15) is 13.6 Å². The van der Waals surface area contributed by atoms with Gasteiger partial charge in [0, 0.05) is 30.8 Å². The molecule has 8 heteroatoms. The van der Waals surface area contributed by atoms with Crippen LogP contribution in [0.5, 0.6) is 5.75 Å². The van der Waals surface area contributed by atoms with E-state index in [0.717, 1.165) is 19.4 Å². The van der Waals surface area contributed by atoms with E-state index >= 15 is 0 Å². The number of carbonyl (C=O) groups excluding carboxylic acids is 1. The van der Waals surface area contributed by atoms with Gasteiger partial charge in [0.1, 0.15) is 5.75 Å². The Kier molecular flexibility index (Phi) is 4.59. The Morgan fingerprint density at radius 2 is 2.26 bits per heavy atom. The van der Waals surface area contributed by atoms with Crippen LogP contribution in [0.4, 0.5) is 19.3 Å². The fraction of sp³-hybridized carbons (Fsp3) is 0.533. The van der Waals surface area contributed by atoms with Gasteiger partial charge in [-0.1, -0.05) is 11.6 Å². The number of rotatable bonds is 3. The SMILES string of the molecule is O=C(Nc1ccc(OC(F)F)c(Cl)c1)N1CCC2(CCOC2)C1. The first-order chi connectivity index (χ1) is 11.0. The van der Waals surface area contributed by atoms with E-state index in [1.54, 1.807) is 4.90 Å². The quantitative estimate of drug-likeness (QED) is 0.910. The molecule has 126 valence electrons. The predicted octanol–water partition coefficient (Wildman–Crippen LogP) is 3.59. The molecule has 3 rings (SSSR count). The number of urea groups is 1. The highest BCUT2D eigenvalue weighted by Gasteiger charge is 2.42. The lowest BCUT2D eigenvalue weighted by molar-refractivity contribution is -0.0497. The lowest BCUT2D eigenvalue weighted by atomic mass is 9.87. The summed E-state index contributed by atoms with van der Waals surface area (Å²) in [5.41, 5.74) is 0.523. The highest BCUT2D eigenvalue weighted by Crippen LogP contribution is 2.38. The number of carbonyl (C=O) groups is 1. The fourth-order valence-corrected chi connectivity index (χ4v) is 3.28. The third kappa shape index (κ3) is 3.67. The minimum absolute atomic E-state index is 0.0187. The summed E-state index contributed by atoms with van der Waals surface area (Å²) in [5, 5.41) is 2.75. The zero-order chi connectivity index (χ0) is 16.4. The van der Waals surface area contributed by atoms with Crippen LogP contribution in [0, 0.1) is 5.41 Å². The molecule has 1 unspecified atom stereocenters. The molecule has 0 aromatic heterocycles. The third-order valence-electron chi connectivity index (χ3n) is 4.31. The molecule has 1 aromatic rings. The molecule has 1 N–H and O–H groups in total. The van der Waals surface area contributed by atoms with Crippen LogP contribution in [0.2, 0.25) is 5.02 Å². The van der Waals surface area contributed by atoms with Crippen molar-refractivity contribution >= 4 is 23.3 Å². The second kappa shape index (κ2) is 6.49. The van der Waals surface area contributed by atoms with Gasteiger partial charge < -0.3 is 19.7 Å². The molecule has 2 fully saturated rings. The molecule has 1 aromatic carbocycles. The highest BCUT2D eigenvalue weighted by atomic mass is 35.5. The van der Waals surface area contributed by atoms with Crippen molar-refractivity contribution in [3.05, 3.63) is 23.2 Å². The second-order valence-electron chi connectivity index (χ2n) is 5.93. The van der Waals surface area contributed by atoms with Crippen LogP contribution in [0.25, 0.3) is 0 Å². The van der Waals surface area contributed by atoms with Crippen molar-refractivity contribution in [2.24, 2.45) is 5.41 Å². The van der Waals surface area contributed by atoms with Gasteiger partial charge in [0.2, 0.25) is 0 Å². The summed E-state index contributed by atoms with van der Waals surface area (Å²) in [4.78, 5) is 14.1. The number of ether oxygens (including phenoxy) is 2. The standard InChI is InChI=1S/C15H17ClF2N2O3/c16-11-7-10(1-2-12(11)23-13(17)18)19-14(21)20-5-3-15(8-20)4-6-22-9-15/h1-2,7,13H,3-6,8-9H2,(H,19,21). The van der Waals surface area contributed by atoms with E-state index in [1.165, 1.54) is 18.2 Å². The number of nitrogens with one attached hydrogen (secondary N) is 1. The van der Waals surface area contributed by atoms with Crippen LogP contribution in [-0.2, 0) is 4.74 Å². The first kappa shape index (κ1) is 16.3. The van der Waals surface area contributed by atoms with Crippen molar-refractivity contribution in [2.75, 3.05) is 31.6 Å². The zero-order valence-corrected chi connectivity index (χ0v) is 13.1. The summed E-state index contributed by atoms with van der Waals surface area (Å²) in [6.45, 7) is -0.157. The molecule has 23 heavy (non-hydrogen) atoms. The second-order valence-corrected chi connectivity index (χ2v) is 6.34. The number of benzene rings is 1. The number of hydrogen-bond acceptors (Lipinski definition) is 3. The van der Waals surface area contributed by atoms with Crippen LogP contribution in [0.3, 0.4) is 0 Å². The zero-order valence-electron chi connectivity index (χ0n) is 12.4. The molecular weight excluding hydrogens is 330 g/mol. The van der Waals surface area contributed by atoms with Crippen molar-refractivity contribution in [2.45, 2.75) is 19.5 Å². The minimum Gasteiger partial charge on any atom is -0.433 e. The molecule has 0 radical (unpaired) electrons. The van der Waals surface area contributed by atoms with E-state index in [1.807, 2.05) is 0 Å². The largest absolute Gasteiger partial charge is 0.433 e. The van der Waals surface area contributed by atoms with Gasteiger partial charge in [0.05, 0.1) is 11.6 Å². The van der Waals surface area contributed by atoms with Crippen molar-refractivity contribution in [3.8, 4) is 5.75 Å². The minimum atomic E-state index is -2.94. The number of alkyl halides is 2. The average Bonchev–Trinajstić information content (AvgIpc) is 3.12. The monoisotopic (exact) mass is 346 g/mol. The topological polar surface area (TPSA) is 50.8 Å². The molecule has 0 saturated carbocycles. The lowest BCUT2D eigenvalue weighted by Crippen LogP contribution is -2.35. The van der Waals surface area contributed by atoms with Gasteiger partial charge in [0.25, 0.3) is 0 Å². The average molecular weight is 347 g/mol. The molecule has 2 heterocycles. The Bertz CT molecular complexity index is 594. The summed E-state index contributed by atoms with van der Waals surface area (Å²) < 4.78 is 34.1. The maximum atomic E-state index is 12.3. The van der Waals surface area contributed by atoms with E-state index in [-0.39, 0.29) is 22.2 Å². The maximum absolute atomic E-state index is 12.3. The Morgan fingerprint density at radius 3 is 2.91 bits per heavy atom. The number of nitrogens with zero attached hydrogens (tertiary/aromatic N) is 1. The molecule has 0 bridgehead atoms. The Morgan fingerprint density at radius 1 is 1.43 bits per heavy atom. The van der Waals surface area contributed by atoms with Crippen molar-refractivity contribution in [3.63, 3.8) is 0 Å².